The zero-order valence-electron chi connectivity index (χ0n) is 19.3. The van der Waals surface area contributed by atoms with Gasteiger partial charge in [0, 0.05) is 31.3 Å². The highest BCUT2D eigenvalue weighted by Crippen LogP contribution is 2.28. The Kier molecular flexibility index (Phi) is 7.09. The van der Waals surface area contributed by atoms with Crippen molar-refractivity contribution in [1.29, 1.82) is 0 Å². The van der Waals surface area contributed by atoms with Gasteiger partial charge in [-0.25, -0.2) is 13.4 Å². The third kappa shape index (κ3) is 4.88. The molecule has 4 aromatic rings. The van der Waals surface area contributed by atoms with Crippen molar-refractivity contribution in [3.05, 3.63) is 84.6 Å². The van der Waals surface area contributed by atoms with Crippen LogP contribution in [0.15, 0.2) is 83.9 Å². The summed E-state index contributed by atoms with van der Waals surface area (Å²) in [5, 5.41) is 3.03. The van der Waals surface area contributed by atoms with Gasteiger partial charge in [-0.05, 0) is 36.2 Å². The van der Waals surface area contributed by atoms with E-state index in [-0.39, 0.29) is 17.2 Å². The van der Waals surface area contributed by atoms with Gasteiger partial charge >= 0.3 is 0 Å². The zero-order valence-corrected chi connectivity index (χ0v) is 20.1. The maximum absolute atomic E-state index is 12.8. The number of carbonyl (C=O) groups is 1. The van der Waals surface area contributed by atoms with Crippen molar-refractivity contribution in [2.45, 2.75) is 31.6 Å². The second-order valence-corrected chi connectivity index (χ2v) is 9.82. The number of nitrogens with one attached hydrogen (secondary N) is 1. The summed E-state index contributed by atoms with van der Waals surface area (Å²) in [7, 11) is -3.49. The van der Waals surface area contributed by atoms with Crippen molar-refractivity contribution in [2.75, 3.05) is 18.4 Å². The van der Waals surface area contributed by atoms with E-state index in [4.69, 9.17) is 4.98 Å². The van der Waals surface area contributed by atoms with Gasteiger partial charge in [0.25, 0.3) is 0 Å². The Morgan fingerprint density at radius 1 is 0.941 bits per heavy atom. The lowest BCUT2D eigenvalue weighted by molar-refractivity contribution is -0.116. The molecule has 4 rings (SSSR count). The Balaban J connectivity index is 1.48. The maximum atomic E-state index is 12.8. The predicted octanol–water partition coefficient (Wildman–Crippen LogP) is 4.60. The number of fused-ring (bicyclic) bond motifs is 1. The number of nitrogens with zero attached hydrogens (tertiary/aromatic N) is 3. The fraction of sp³-hybridized carbons (Fsp3) is 0.231. The largest absolute Gasteiger partial charge is 0.310 e. The molecule has 0 saturated carbocycles. The van der Waals surface area contributed by atoms with Crippen LogP contribution in [0.4, 0.5) is 5.82 Å². The van der Waals surface area contributed by atoms with Gasteiger partial charge < -0.3 is 5.32 Å². The van der Waals surface area contributed by atoms with E-state index < -0.39 is 10.0 Å². The molecule has 1 amide bonds. The van der Waals surface area contributed by atoms with E-state index in [0.29, 0.717) is 31.0 Å². The van der Waals surface area contributed by atoms with Gasteiger partial charge in [0.2, 0.25) is 15.9 Å². The molecule has 0 atom stereocenters. The normalized spacial score (nSPS) is 11.7. The third-order valence-corrected chi connectivity index (χ3v) is 7.81. The molecule has 1 N–H and O–H groups in total. The SMILES string of the molecule is CCN(CC)S(=O)(=O)c1ccc(CCC(=O)Nc2c(-c3ccccc3)nc3ccccn23)cc1. The molecule has 0 aliphatic rings. The molecule has 34 heavy (non-hydrogen) atoms. The van der Waals surface area contributed by atoms with Crippen LogP contribution in [0.5, 0.6) is 0 Å². The molecule has 7 nitrogen and oxygen atoms in total. The van der Waals surface area contributed by atoms with E-state index in [1.807, 2.05) is 73.0 Å². The molecule has 2 heterocycles. The van der Waals surface area contributed by atoms with E-state index in [9.17, 15) is 13.2 Å². The molecule has 0 aliphatic heterocycles. The number of amides is 1. The van der Waals surface area contributed by atoms with Gasteiger partial charge in [-0.2, -0.15) is 4.31 Å². The Hall–Kier alpha value is -3.49. The Morgan fingerprint density at radius 2 is 1.62 bits per heavy atom. The van der Waals surface area contributed by atoms with Gasteiger partial charge in [0.15, 0.2) is 0 Å². The number of hydrogen-bond acceptors (Lipinski definition) is 4. The summed E-state index contributed by atoms with van der Waals surface area (Å²) >= 11 is 0. The van der Waals surface area contributed by atoms with Crippen molar-refractivity contribution in [3.8, 4) is 11.3 Å². The number of hydrogen-bond donors (Lipinski definition) is 1. The van der Waals surface area contributed by atoms with Gasteiger partial charge in [-0.3, -0.25) is 9.20 Å². The summed E-state index contributed by atoms with van der Waals surface area (Å²) in [5.74, 6) is 0.495. The van der Waals surface area contributed by atoms with E-state index in [1.165, 1.54) is 4.31 Å². The molecule has 0 radical (unpaired) electrons. The molecule has 2 aromatic carbocycles. The first kappa shape index (κ1) is 23.7. The summed E-state index contributed by atoms with van der Waals surface area (Å²) in [6.07, 6.45) is 2.63. The molecule has 8 heteroatoms. The number of anilines is 1. The Bertz CT molecular complexity index is 1380. The minimum absolute atomic E-state index is 0.136. The second kappa shape index (κ2) is 10.2. The zero-order chi connectivity index (χ0) is 24.1. The summed E-state index contributed by atoms with van der Waals surface area (Å²) in [4.78, 5) is 17.8. The quantitative estimate of drug-likeness (QED) is 0.383. The summed E-state index contributed by atoms with van der Waals surface area (Å²) < 4.78 is 28.6. The van der Waals surface area contributed by atoms with E-state index in [0.717, 1.165) is 16.8 Å². The van der Waals surface area contributed by atoms with Crippen LogP contribution in [0.2, 0.25) is 0 Å². The third-order valence-electron chi connectivity index (χ3n) is 5.74. The number of carbonyl (C=O) groups excluding carboxylic acids is 1. The molecule has 0 unspecified atom stereocenters. The fourth-order valence-electron chi connectivity index (χ4n) is 3.91. The van der Waals surface area contributed by atoms with E-state index in [1.54, 1.807) is 24.3 Å². The van der Waals surface area contributed by atoms with Crippen molar-refractivity contribution < 1.29 is 13.2 Å². The molecular weight excluding hydrogens is 448 g/mol. The molecule has 2 aromatic heterocycles. The highest BCUT2D eigenvalue weighted by Gasteiger charge is 2.21. The predicted molar refractivity (Wildman–Crippen MR) is 134 cm³/mol. The number of pyridine rings is 1. The number of imidazole rings is 1. The smallest absolute Gasteiger partial charge is 0.243 e. The highest BCUT2D eigenvalue weighted by atomic mass is 32.2. The molecule has 0 bridgehead atoms. The summed E-state index contributed by atoms with van der Waals surface area (Å²) in [6, 6.07) is 22.2. The molecule has 0 saturated heterocycles. The number of sulfonamides is 1. The van der Waals surface area contributed by atoms with Crippen LogP contribution in [0.25, 0.3) is 16.9 Å². The summed E-state index contributed by atoms with van der Waals surface area (Å²) in [6.45, 7) is 4.49. The van der Waals surface area contributed by atoms with Crippen LogP contribution >= 0.6 is 0 Å². The van der Waals surface area contributed by atoms with E-state index in [2.05, 4.69) is 5.32 Å². The molecule has 176 valence electrons. The molecule has 0 aliphatic carbocycles. The molecular formula is C26H28N4O3S. The standard InChI is InChI=1S/C26H28N4O3S/c1-3-29(4-2)34(32,33)22-16-13-20(14-17-22)15-18-24(31)28-26-25(21-10-6-5-7-11-21)27-23-12-8-9-19-30(23)26/h5-14,16-17,19H,3-4,15,18H2,1-2H3,(H,28,31). The first-order valence-electron chi connectivity index (χ1n) is 11.4. The maximum Gasteiger partial charge on any atom is 0.243 e. The topological polar surface area (TPSA) is 83.8 Å². The van der Waals surface area contributed by atoms with Gasteiger partial charge in [0.05, 0.1) is 4.90 Å². The van der Waals surface area contributed by atoms with Crippen molar-refractivity contribution in [3.63, 3.8) is 0 Å². The second-order valence-electron chi connectivity index (χ2n) is 7.89. The van der Waals surface area contributed by atoms with Gasteiger partial charge in [-0.1, -0.05) is 62.4 Å². The fourth-order valence-corrected chi connectivity index (χ4v) is 5.36. The van der Waals surface area contributed by atoms with Crippen LogP contribution in [-0.2, 0) is 21.2 Å². The van der Waals surface area contributed by atoms with Crippen molar-refractivity contribution in [2.24, 2.45) is 0 Å². The van der Waals surface area contributed by atoms with Gasteiger partial charge in [-0.15, -0.1) is 0 Å². The number of aromatic nitrogens is 2. The van der Waals surface area contributed by atoms with Crippen LogP contribution < -0.4 is 5.32 Å². The lowest BCUT2D eigenvalue weighted by atomic mass is 10.1. The van der Waals surface area contributed by atoms with Crippen LogP contribution in [0.1, 0.15) is 25.8 Å². The first-order chi connectivity index (χ1) is 16.4. The minimum Gasteiger partial charge on any atom is -0.310 e. The Labute approximate surface area is 200 Å². The summed E-state index contributed by atoms with van der Waals surface area (Å²) in [5.41, 5.74) is 3.29. The van der Waals surface area contributed by atoms with Crippen LogP contribution in [0, 0.1) is 0 Å². The van der Waals surface area contributed by atoms with Crippen molar-refractivity contribution >= 4 is 27.4 Å². The highest BCUT2D eigenvalue weighted by molar-refractivity contribution is 7.89. The average molecular weight is 477 g/mol. The molecule has 0 spiro atoms. The van der Waals surface area contributed by atoms with Crippen LogP contribution in [-0.4, -0.2) is 41.1 Å². The minimum atomic E-state index is -3.49. The average Bonchev–Trinajstić information content (AvgIpc) is 3.22. The monoisotopic (exact) mass is 476 g/mol. The number of aryl methyl sites for hydroxylation is 1. The molecule has 0 fully saturated rings. The van der Waals surface area contributed by atoms with Gasteiger partial charge in [0.1, 0.15) is 17.2 Å². The lowest BCUT2D eigenvalue weighted by Crippen LogP contribution is -2.30. The van der Waals surface area contributed by atoms with Crippen LogP contribution in [0.3, 0.4) is 0 Å². The lowest BCUT2D eigenvalue weighted by Gasteiger charge is -2.18. The Morgan fingerprint density at radius 3 is 2.29 bits per heavy atom. The number of rotatable bonds is 9. The van der Waals surface area contributed by atoms with E-state index >= 15 is 0 Å². The first-order valence-corrected chi connectivity index (χ1v) is 12.8. The number of benzene rings is 2. The van der Waals surface area contributed by atoms with Crippen molar-refractivity contribution in [1.82, 2.24) is 13.7 Å².